The van der Waals surface area contributed by atoms with Gasteiger partial charge in [0.2, 0.25) is 5.91 Å². The summed E-state index contributed by atoms with van der Waals surface area (Å²) in [7, 11) is 1.61. The summed E-state index contributed by atoms with van der Waals surface area (Å²) in [5, 5.41) is 3.09. The summed E-state index contributed by atoms with van der Waals surface area (Å²) in [6.07, 6.45) is 9.71. The van der Waals surface area contributed by atoms with E-state index in [0.717, 1.165) is 31.6 Å². The van der Waals surface area contributed by atoms with Crippen molar-refractivity contribution in [1.29, 1.82) is 0 Å². The fraction of sp³-hybridized carbons (Fsp3) is 0.545. The van der Waals surface area contributed by atoms with Gasteiger partial charge in [0.05, 0.1) is 7.11 Å². The highest BCUT2D eigenvalue weighted by Gasteiger charge is 2.27. The molecule has 3 rings (SSSR count). The highest BCUT2D eigenvalue weighted by atomic mass is 16.5. The molecule has 146 valence electrons. The minimum atomic E-state index is 0.0188. The van der Waals surface area contributed by atoms with E-state index in [1.165, 1.54) is 31.3 Å². The van der Waals surface area contributed by atoms with Gasteiger partial charge in [0.25, 0.3) is 5.91 Å². The normalized spacial score (nSPS) is 18.0. The highest BCUT2D eigenvalue weighted by molar-refractivity contribution is 5.94. The number of methoxy groups -OCH3 is 1. The van der Waals surface area contributed by atoms with Crippen LogP contribution in [0.4, 0.5) is 0 Å². The number of allylic oxidation sites excluding steroid dienone is 1. The van der Waals surface area contributed by atoms with E-state index in [2.05, 4.69) is 11.4 Å². The molecule has 1 aromatic carbocycles. The Balaban J connectivity index is 1.41. The van der Waals surface area contributed by atoms with Gasteiger partial charge < -0.3 is 15.0 Å². The van der Waals surface area contributed by atoms with Gasteiger partial charge in [-0.1, -0.05) is 11.6 Å². The SMILES string of the molecule is COc1ccc(C(=O)N2CCC(C(=O)NCCC3=CCCCC3)CC2)cc1. The second-order valence-electron chi connectivity index (χ2n) is 7.44. The molecular weight excluding hydrogens is 340 g/mol. The van der Waals surface area contributed by atoms with Crippen LogP contribution in [0, 0.1) is 5.92 Å². The van der Waals surface area contributed by atoms with Crippen molar-refractivity contribution in [2.45, 2.75) is 44.9 Å². The van der Waals surface area contributed by atoms with Crippen LogP contribution >= 0.6 is 0 Å². The number of hydrogen-bond donors (Lipinski definition) is 1. The van der Waals surface area contributed by atoms with Gasteiger partial charge in [-0.15, -0.1) is 0 Å². The van der Waals surface area contributed by atoms with E-state index in [1.54, 1.807) is 31.4 Å². The van der Waals surface area contributed by atoms with Crippen molar-refractivity contribution >= 4 is 11.8 Å². The van der Waals surface area contributed by atoms with E-state index < -0.39 is 0 Å². The van der Waals surface area contributed by atoms with Gasteiger partial charge in [0, 0.05) is 31.1 Å². The molecule has 1 fully saturated rings. The molecule has 1 saturated heterocycles. The zero-order chi connectivity index (χ0) is 19.1. The molecule has 1 aliphatic carbocycles. The van der Waals surface area contributed by atoms with Gasteiger partial charge in [0.1, 0.15) is 5.75 Å². The first-order chi connectivity index (χ1) is 13.2. The molecule has 2 aliphatic rings. The van der Waals surface area contributed by atoms with Crippen LogP contribution < -0.4 is 10.1 Å². The van der Waals surface area contributed by atoms with E-state index in [1.807, 2.05) is 4.90 Å². The Labute approximate surface area is 161 Å². The number of hydrogen-bond acceptors (Lipinski definition) is 3. The lowest BCUT2D eigenvalue weighted by Gasteiger charge is -2.31. The van der Waals surface area contributed by atoms with Gasteiger partial charge >= 0.3 is 0 Å². The van der Waals surface area contributed by atoms with Crippen molar-refractivity contribution in [1.82, 2.24) is 10.2 Å². The molecule has 2 amide bonds. The van der Waals surface area contributed by atoms with Gasteiger partial charge in [-0.3, -0.25) is 9.59 Å². The molecular formula is C22H30N2O3. The monoisotopic (exact) mass is 370 g/mol. The van der Waals surface area contributed by atoms with Crippen molar-refractivity contribution in [3.8, 4) is 5.75 Å². The van der Waals surface area contributed by atoms with Gasteiger partial charge in [0.15, 0.2) is 0 Å². The van der Waals surface area contributed by atoms with Crippen molar-refractivity contribution in [3.63, 3.8) is 0 Å². The van der Waals surface area contributed by atoms with E-state index in [-0.39, 0.29) is 17.7 Å². The molecule has 0 unspecified atom stereocenters. The van der Waals surface area contributed by atoms with E-state index >= 15 is 0 Å². The fourth-order valence-electron chi connectivity index (χ4n) is 3.88. The summed E-state index contributed by atoms with van der Waals surface area (Å²) in [6.45, 7) is 2.00. The first-order valence-electron chi connectivity index (χ1n) is 10.1. The Morgan fingerprint density at radius 2 is 1.89 bits per heavy atom. The van der Waals surface area contributed by atoms with Crippen molar-refractivity contribution in [2.75, 3.05) is 26.7 Å². The topological polar surface area (TPSA) is 58.6 Å². The zero-order valence-electron chi connectivity index (χ0n) is 16.2. The number of amides is 2. The predicted molar refractivity (Wildman–Crippen MR) is 106 cm³/mol. The Morgan fingerprint density at radius 3 is 2.52 bits per heavy atom. The first-order valence-corrected chi connectivity index (χ1v) is 10.1. The summed E-state index contributed by atoms with van der Waals surface area (Å²) in [6, 6.07) is 7.18. The maximum absolute atomic E-state index is 12.6. The summed E-state index contributed by atoms with van der Waals surface area (Å²) in [5.41, 5.74) is 2.15. The second kappa shape index (κ2) is 9.58. The molecule has 1 heterocycles. The smallest absolute Gasteiger partial charge is 0.253 e. The molecule has 0 aromatic heterocycles. The molecule has 1 aliphatic heterocycles. The highest BCUT2D eigenvalue weighted by Crippen LogP contribution is 2.22. The van der Waals surface area contributed by atoms with Crippen molar-refractivity contribution in [2.24, 2.45) is 5.92 Å². The molecule has 0 saturated carbocycles. The number of rotatable bonds is 6. The molecule has 1 aromatic rings. The molecule has 0 atom stereocenters. The van der Waals surface area contributed by atoms with E-state index in [9.17, 15) is 9.59 Å². The fourth-order valence-corrected chi connectivity index (χ4v) is 3.88. The lowest BCUT2D eigenvalue weighted by Crippen LogP contribution is -2.43. The summed E-state index contributed by atoms with van der Waals surface area (Å²) < 4.78 is 5.13. The second-order valence-corrected chi connectivity index (χ2v) is 7.44. The van der Waals surface area contributed by atoms with Crippen LogP contribution in [0.2, 0.25) is 0 Å². The van der Waals surface area contributed by atoms with Crippen LogP contribution in [0.15, 0.2) is 35.9 Å². The average molecular weight is 370 g/mol. The number of carbonyl (C=O) groups is 2. The van der Waals surface area contributed by atoms with Crippen molar-refractivity contribution < 1.29 is 14.3 Å². The van der Waals surface area contributed by atoms with Crippen LogP contribution in [-0.4, -0.2) is 43.5 Å². The zero-order valence-corrected chi connectivity index (χ0v) is 16.2. The third-order valence-corrected chi connectivity index (χ3v) is 5.62. The summed E-state index contributed by atoms with van der Waals surface area (Å²) >= 11 is 0. The quantitative estimate of drug-likeness (QED) is 0.779. The largest absolute Gasteiger partial charge is 0.497 e. The lowest BCUT2D eigenvalue weighted by atomic mass is 9.94. The predicted octanol–water partition coefficient (Wildman–Crippen LogP) is 3.55. The van der Waals surface area contributed by atoms with Crippen LogP contribution in [0.5, 0.6) is 5.75 Å². The minimum absolute atomic E-state index is 0.0188. The molecule has 1 N–H and O–H groups in total. The molecule has 0 radical (unpaired) electrons. The Bertz CT molecular complexity index is 673. The maximum atomic E-state index is 12.6. The third kappa shape index (κ3) is 5.34. The van der Waals surface area contributed by atoms with Gasteiger partial charge in [-0.2, -0.15) is 0 Å². The molecule has 5 nitrogen and oxygen atoms in total. The van der Waals surface area contributed by atoms with E-state index in [4.69, 9.17) is 4.74 Å². The molecule has 0 bridgehead atoms. The summed E-state index contributed by atoms with van der Waals surface area (Å²) in [4.78, 5) is 26.9. The minimum Gasteiger partial charge on any atom is -0.497 e. The number of ether oxygens (including phenoxy) is 1. The average Bonchev–Trinajstić information content (AvgIpc) is 2.74. The van der Waals surface area contributed by atoms with Crippen LogP contribution in [0.25, 0.3) is 0 Å². The maximum Gasteiger partial charge on any atom is 0.253 e. The van der Waals surface area contributed by atoms with Crippen LogP contribution in [0.3, 0.4) is 0 Å². The number of carbonyl (C=O) groups excluding carboxylic acids is 2. The number of nitrogens with one attached hydrogen (secondary N) is 1. The molecule has 5 heteroatoms. The number of likely N-dealkylation sites (tertiary alicyclic amines) is 1. The van der Waals surface area contributed by atoms with Crippen molar-refractivity contribution in [3.05, 3.63) is 41.5 Å². The Kier molecular flexibility index (Phi) is 6.91. The standard InChI is InChI=1S/C22H30N2O3/c1-27-20-9-7-19(8-10-20)22(26)24-15-12-18(13-16-24)21(25)23-14-11-17-5-3-2-4-6-17/h5,7-10,18H,2-4,6,11-16H2,1H3,(H,23,25). The Hall–Kier alpha value is -2.30. The van der Waals surface area contributed by atoms with Crippen LogP contribution in [0.1, 0.15) is 55.3 Å². The third-order valence-electron chi connectivity index (χ3n) is 5.62. The van der Waals surface area contributed by atoms with E-state index in [0.29, 0.717) is 18.7 Å². The first kappa shape index (κ1) is 19.5. The molecule has 0 spiro atoms. The number of benzene rings is 1. The van der Waals surface area contributed by atoms with Gasteiger partial charge in [-0.05, 0) is 69.2 Å². The lowest BCUT2D eigenvalue weighted by molar-refractivity contribution is -0.126. The Morgan fingerprint density at radius 1 is 1.15 bits per heavy atom. The molecule has 27 heavy (non-hydrogen) atoms. The number of piperidine rings is 1. The van der Waals surface area contributed by atoms with Gasteiger partial charge in [-0.25, -0.2) is 0 Å². The summed E-state index contributed by atoms with van der Waals surface area (Å²) in [5.74, 6) is 0.930. The number of nitrogens with zero attached hydrogens (tertiary/aromatic N) is 1. The van der Waals surface area contributed by atoms with Crippen LogP contribution in [-0.2, 0) is 4.79 Å².